The van der Waals surface area contributed by atoms with E-state index in [9.17, 15) is 4.79 Å². The SMILES string of the molecule is CCN(C(=O)N1CCCC(C)C1)C1CNC1. The van der Waals surface area contributed by atoms with Crippen molar-refractivity contribution in [2.75, 3.05) is 32.7 Å². The van der Waals surface area contributed by atoms with Crippen molar-refractivity contribution in [2.45, 2.75) is 32.7 Å². The maximum absolute atomic E-state index is 12.3. The molecule has 2 rings (SSSR count). The quantitative estimate of drug-likeness (QED) is 0.765. The number of carbonyl (C=O) groups excluding carboxylic acids is 1. The number of rotatable bonds is 2. The van der Waals surface area contributed by atoms with E-state index in [-0.39, 0.29) is 6.03 Å². The van der Waals surface area contributed by atoms with E-state index in [4.69, 9.17) is 0 Å². The molecule has 2 aliphatic heterocycles. The average molecular weight is 225 g/mol. The monoisotopic (exact) mass is 225 g/mol. The number of amides is 2. The van der Waals surface area contributed by atoms with E-state index in [0.717, 1.165) is 39.1 Å². The van der Waals surface area contributed by atoms with Gasteiger partial charge in [0.1, 0.15) is 0 Å². The third-order valence-corrected chi connectivity index (χ3v) is 3.71. The number of nitrogens with zero attached hydrogens (tertiary/aromatic N) is 2. The van der Waals surface area contributed by atoms with E-state index in [1.807, 2.05) is 9.80 Å². The molecule has 2 aliphatic rings. The van der Waals surface area contributed by atoms with Gasteiger partial charge < -0.3 is 15.1 Å². The van der Waals surface area contributed by atoms with Crippen LogP contribution < -0.4 is 5.32 Å². The van der Waals surface area contributed by atoms with Crippen LogP contribution in [0.4, 0.5) is 4.79 Å². The predicted octanol–water partition coefficient (Wildman–Crippen LogP) is 1.13. The molecule has 0 aromatic heterocycles. The van der Waals surface area contributed by atoms with Gasteiger partial charge in [-0.15, -0.1) is 0 Å². The molecule has 0 spiro atoms. The molecule has 0 saturated carbocycles. The van der Waals surface area contributed by atoms with Crippen molar-refractivity contribution in [3.8, 4) is 0 Å². The first-order chi connectivity index (χ1) is 7.72. The minimum absolute atomic E-state index is 0.251. The van der Waals surface area contributed by atoms with Gasteiger partial charge in [-0.3, -0.25) is 0 Å². The summed E-state index contributed by atoms with van der Waals surface area (Å²) in [6, 6.07) is 0.676. The van der Waals surface area contributed by atoms with E-state index in [1.54, 1.807) is 0 Å². The van der Waals surface area contributed by atoms with E-state index in [0.29, 0.717) is 12.0 Å². The Balaban J connectivity index is 1.93. The van der Waals surface area contributed by atoms with Crippen LogP contribution in [-0.4, -0.2) is 54.6 Å². The number of nitrogens with one attached hydrogen (secondary N) is 1. The molecule has 2 amide bonds. The second-order valence-corrected chi connectivity index (χ2v) is 5.07. The lowest BCUT2D eigenvalue weighted by Gasteiger charge is -2.42. The van der Waals surface area contributed by atoms with Crippen molar-refractivity contribution in [3.63, 3.8) is 0 Å². The number of hydrogen-bond donors (Lipinski definition) is 1. The Morgan fingerprint density at radius 1 is 1.50 bits per heavy atom. The van der Waals surface area contributed by atoms with Crippen LogP contribution in [-0.2, 0) is 0 Å². The molecule has 0 aromatic carbocycles. The summed E-state index contributed by atoms with van der Waals surface area (Å²) in [5, 5.41) is 3.23. The summed E-state index contributed by atoms with van der Waals surface area (Å²) in [5.74, 6) is 0.663. The van der Waals surface area contributed by atoms with Crippen LogP contribution in [0.25, 0.3) is 0 Å². The Hall–Kier alpha value is -0.770. The van der Waals surface area contributed by atoms with E-state index >= 15 is 0 Å². The first kappa shape index (κ1) is 11.7. The Morgan fingerprint density at radius 3 is 2.75 bits per heavy atom. The zero-order valence-electron chi connectivity index (χ0n) is 10.4. The fourth-order valence-corrected chi connectivity index (χ4v) is 2.59. The molecule has 0 bridgehead atoms. The van der Waals surface area contributed by atoms with Crippen molar-refractivity contribution < 1.29 is 4.79 Å². The number of likely N-dealkylation sites (tertiary alicyclic amines) is 1. The fourth-order valence-electron chi connectivity index (χ4n) is 2.59. The summed E-state index contributed by atoms with van der Waals surface area (Å²) in [6.45, 7) is 8.95. The molecule has 16 heavy (non-hydrogen) atoms. The average Bonchev–Trinajstić information content (AvgIpc) is 2.22. The molecule has 1 atom stereocenters. The van der Waals surface area contributed by atoms with Crippen LogP contribution in [0.3, 0.4) is 0 Å². The van der Waals surface area contributed by atoms with Crippen LogP contribution in [0.5, 0.6) is 0 Å². The molecule has 0 aromatic rings. The summed E-state index contributed by atoms with van der Waals surface area (Å²) in [7, 11) is 0. The fraction of sp³-hybridized carbons (Fsp3) is 0.917. The summed E-state index contributed by atoms with van der Waals surface area (Å²) in [4.78, 5) is 16.4. The largest absolute Gasteiger partial charge is 0.324 e. The van der Waals surface area contributed by atoms with Crippen LogP contribution >= 0.6 is 0 Å². The van der Waals surface area contributed by atoms with Gasteiger partial charge in [0.05, 0.1) is 6.04 Å². The summed E-state index contributed by atoms with van der Waals surface area (Å²) in [5.41, 5.74) is 0. The third-order valence-electron chi connectivity index (χ3n) is 3.71. The van der Waals surface area contributed by atoms with Gasteiger partial charge in [0.2, 0.25) is 0 Å². The highest BCUT2D eigenvalue weighted by Gasteiger charge is 2.31. The highest BCUT2D eigenvalue weighted by atomic mass is 16.2. The van der Waals surface area contributed by atoms with Gasteiger partial charge in [-0.25, -0.2) is 4.79 Å². The summed E-state index contributed by atoms with van der Waals surface area (Å²) < 4.78 is 0. The maximum Gasteiger partial charge on any atom is 0.320 e. The zero-order chi connectivity index (χ0) is 11.5. The molecule has 92 valence electrons. The molecular weight excluding hydrogens is 202 g/mol. The maximum atomic E-state index is 12.3. The first-order valence-electron chi connectivity index (χ1n) is 6.48. The highest BCUT2D eigenvalue weighted by Crippen LogP contribution is 2.18. The van der Waals surface area contributed by atoms with Crippen LogP contribution in [0, 0.1) is 5.92 Å². The van der Waals surface area contributed by atoms with Crippen molar-refractivity contribution in [3.05, 3.63) is 0 Å². The Labute approximate surface area is 98.0 Å². The van der Waals surface area contributed by atoms with E-state index < -0.39 is 0 Å². The number of hydrogen-bond acceptors (Lipinski definition) is 2. The molecule has 1 N–H and O–H groups in total. The number of urea groups is 1. The molecule has 4 nitrogen and oxygen atoms in total. The molecular formula is C12H23N3O. The van der Waals surface area contributed by atoms with Gasteiger partial charge in [0, 0.05) is 32.7 Å². The topological polar surface area (TPSA) is 35.6 Å². The van der Waals surface area contributed by atoms with Crippen molar-refractivity contribution in [1.29, 1.82) is 0 Å². The number of likely N-dealkylation sites (N-methyl/N-ethyl adjacent to an activating group) is 1. The van der Waals surface area contributed by atoms with Crippen LogP contribution in [0.2, 0.25) is 0 Å². The Morgan fingerprint density at radius 2 is 2.25 bits per heavy atom. The molecule has 2 heterocycles. The van der Waals surface area contributed by atoms with Crippen LogP contribution in [0.15, 0.2) is 0 Å². The normalized spacial score (nSPS) is 26.4. The van der Waals surface area contributed by atoms with Gasteiger partial charge in [0.15, 0.2) is 0 Å². The number of carbonyl (C=O) groups is 1. The van der Waals surface area contributed by atoms with Crippen LogP contribution in [0.1, 0.15) is 26.7 Å². The second kappa shape index (κ2) is 5.04. The van der Waals surface area contributed by atoms with Gasteiger partial charge >= 0.3 is 6.03 Å². The van der Waals surface area contributed by atoms with Gasteiger partial charge in [-0.2, -0.15) is 0 Å². The standard InChI is InChI=1S/C12H23N3O/c1-3-15(11-7-13-8-11)12(16)14-6-4-5-10(2)9-14/h10-11,13H,3-9H2,1-2H3. The smallest absolute Gasteiger partial charge is 0.320 e. The molecule has 1 unspecified atom stereocenters. The van der Waals surface area contributed by atoms with E-state index in [2.05, 4.69) is 19.2 Å². The highest BCUT2D eigenvalue weighted by molar-refractivity contribution is 5.75. The molecule has 2 saturated heterocycles. The van der Waals surface area contributed by atoms with Gasteiger partial charge in [0.25, 0.3) is 0 Å². The van der Waals surface area contributed by atoms with E-state index in [1.165, 1.54) is 6.42 Å². The molecule has 4 heteroatoms. The Bertz CT molecular complexity index is 253. The number of piperidine rings is 1. The Kier molecular flexibility index (Phi) is 3.69. The van der Waals surface area contributed by atoms with Gasteiger partial charge in [-0.1, -0.05) is 6.92 Å². The lowest BCUT2D eigenvalue weighted by molar-refractivity contribution is 0.103. The second-order valence-electron chi connectivity index (χ2n) is 5.07. The van der Waals surface area contributed by atoms with Crippen molar-refractivity contribution >= 4 is 6.03 Å². The predicted molar refractivity (Wildman–Crippen MR) is 64.4 cm³/mol. The van der Waals surface area contributed by atoms with Crippen molar-refractivity contribution in [2.24, 2.45) is 5.92 Å². The van der Waals surface area contributed by atoms with Crippen molar-refractivity contribution in [1.82, 2.24) is 15.1 Å². The first-order valence-corrected chi connectivity index (χ1v) is 6.48. The summed E-state index contributed by atoms with van der Waals surface area (Å²) in [6.07, 6.45) is 2.42. The lowest BCUT2D eigenvalue weighted by Crippen LogP contribution is -2.61. The molecule has 0 radical (unpaired) electrons. The minimum atomic E-state index is 0.251. The molecule has 0 aliphatic carbocycles. The third kappa shape index (κ3) is 2.32. The minimum Gasteiger partial charge on any atom is -0.324 e. The lowest BCUT2D eigenvalue weighted by atomic mass is 10.0. The zero-order valence-corrected chi connectivity index (χ0v) is 10.4. The van der Waals surface area contributed by atoms with Gasteiger partial charge in [-0.05, 0) is 25.7 Å². The molecule has 2 fully saturated rings. The summed E-state index contributed by atoms with van der Waals surface area (Å²) >= 11 is 0.